The van der Waals surface area contributed by atoms with Gasteiger partial charge in [-0.25, -0.2) is 0 Å². The number of anilines is 1. The number of aliphatic imine (C=N–C) groups is 1. The molecule has 1 aliphatic heterocycles. The molecular formula is C24H23IN4O2. The third kappa shape index (κ3) is 5.48. The standard InChI is InChI=1S/C24H23IN4O2/c25-21-11-10-18(14-20(21)22-5-1-2-12-27-22)29-24(30)17-8-6-16(7-9-17)23(26)28-15-19-4-3-13-31-19/h1-2,5-12,14,19H,3-4,13,15H2,(H2,26,28)(H,29,30). The van der Waals surface area contributed by atoms with Crippen molar-refractivity contribution in [2.24, 2.45) is 10.7 Å². The molecule has 3 N–H and O–H groups in total. The number of carbonyl (C=O) groups is 1. The summed E-state index contributed by atoms with van der Waals surface area (Å²) in [6.07, 6.45) is 4.02. The van der Waals surface area contributed by atoms with Gasteiger partial charge < -0.3 is 15.8 Å². The fourth-order valence-corrected chi connectivity index (χ4v) is 4.01. The number of ether oxygens (including phenoxy) is 1. The lowest BCUT2D eigenvalue weighted by molar-refractivity contribution is 0.102. The molecule has 7 heteroatoms. The van der Waals surface area contributed by atoms with Crippen LogP contribution >= 0.6 is 22.6 Å². The van der Waals surface area contributed by atoms with Gasteiger partial charge >= 0.3 is 0 Å². The monoisotopic (exact) mass is 526 g/mol. The van der Waals surface area contributed by atoms with Gasteiger partial charge in [-0.3, -0.25) is 14.8 Å². The van der Waals surface area contributed by atoms with Crippen LogP contribution in [0.1, 0.15) is 28.8 Å². The van der Waals surface area contributed by atoms with Crippen molar-refractivity contribution in [2.45, 2.75) is 18.9 Å². The van der Waals surface area contributed by atoms with Crippen LogP contribution in [0.3, 0.4) is 0 Å². The number of carbonyl (C=O) groups excluding carboxylic acids is 1. The molecule has 1 unspecified atom stereocenters. The number of nitrogens with one attached hydrogen (secondary N) is 1. The van der Waals surface area contributed by atoms with Gasteiger partial charge in [-0.05, 0) is 77.9 Å². The van der Waals surface area contributed by atoms with E-state index in [0.29, 0.717) is 23.6 Å². The van der Waals surface area contributed by atoms with Gasteiger partial charge in [0.2, 0.25) is 0 Å². The second-order valence-corrected chi connectivity index (χ2v) is 8.46. The second kappa shape index (κ2) is 10.0. The zero-order valence-electron chi connectivity index (χ0n) is 16.9. The maximum Gasteiger partial charge on any atom is 0.255 e. The average molecular weight is 526 g/mol. The molecule has 4 rings (SSSR count). The quantitative estimate of drug-likeness (QED) is 0.282. The Balaban J connectivity index is 1.43. The smallest absolute Gasteiger partial charge is 0.255 e. The fourth-order valence-electron chi connectivity index (χ4n) is 3.40. The molecule has 1 saturated heterocycles. The summed E-state index contributed by atoms with van der Waals surface area (Å²) < 4.78 is 6.64. The molecule has 0 aliphatic carbocycles. The summed E-state index contributed by atoms with van der Waals surface area (Å²) in [5, 5.41) is 2.96. The van der Waals surface area contributed by atoms with Gasteiger partial charge in [0.25, 0.3) is 5.91 Å². The summed E-state index contributed by atoms with van der Waals surface area (Å²) in [6, 6.07) is 18.7. The summed E-state index contributed by atoms with van der Waals surface area (Å²) in [6.45, 7) is 1.37. The van der Waals surface area contributed by atoms with Crippen molar-refractivity contribution in [3.05, 3.63) is 81.6 Å². The first-order valence-electron chi connectivity index (χ1n) is 10.1. The van der Waals surface area contributed by atoms with Crippen LogP contribution in [0.5, 0.6) is 0 Å². The second-order valence-electron chi connectivity index (χ2n) is 7.30. The Hall–Kier alpha value is -2.78. The van der Waals surface area contributed by atoms with E-state index in [9.17, 15) is 4.79 Å². The molecule has 1 aromatic heterocycles. The van der Waals surface area contributed by atoms with E-state index < -0.39 is 0 Å². The number of amidine groups is 1. The van der Waals surface area contributed by atoms with E-state index in [4.69, 9.17) is 10.5 Å². The Bertz CT molecular complexity index is 1080. The van der Waals surface area contributed by atoms with Crippen LogP contribution in [-0.2, 0) is 4.74 Å². The number of halogens is 1. The Labute approximate surface area is 195 Å². The van der Waals surface area contributed by atoms with Crippen molar-refractivity contribution in [1.29, 1.82) is 0 Å². The van der Waals surface area contributed by atoms with Gasteiger partial charge in [0.05, 0.1) is 18.3 Å². The molecule has 1 atom stereocenters. The number of nitrogens with zero attached hydrogens (tertiary/aromatic N) is 2. The first-order valence-corrected chi connectivity index (χ1v) is 11.2. The van der Waals surface area contributed by atoms with Crippen molar-refractivity contribution in [1.82, 2.24) is 4.98 Å². The van der Waals surface area contributed by atoms with Crippen LogP contribution in [0.15, 0.2) is 71.9 Å². The van der Waals surface area contributed by atoms with E-state index in [1.54, 1.807) is 18.3 Å². The molecule has 1 aliphatic rings. The number of pyridine rings is 1. The lowest BCUT2D eigenvalue weighted by Crippen LogP contribution is -2.18. The highest BCUT2D eigenvalue weighted by molar-refractivity contribution is 14.1. The van der Waals surface area contributed by atoms with E-state index in [1.165, 1.54) is 0 Å². The zero-order valence-corrected chi connectivity index (χ0v) is 19.1. The Morgan fingerprint density at radius 2 is 1.97 bits per heavy atom. The summed E-state index contributed by atoms with van der Waals surface area (Å²) >= 11 is 2.27. The van der Waals surface area contributed by atoms with Crippen LogP contribution in [0, 0.1) is 3.57 Å². The number of aromatic nitrogens is 1. The lowest BCUT2D eigenvalue weighted by Gasteiger charge is -2.10. The summed E-state index contributed by atoms with van der Waals surface area (Å²) in [5.74, 6) is 0.273. The third-order valence-corrected chi connectivity index (χ3v) is 6.04. The van der Waals surface area contributed by atoms with Crippen LogP contribution in [0.4, 0.5) is 5.69 Å². The van der Waals surface area contributed by atoms with Gasteiger partial charge in [0, 0.05) is 38.8 Å². The predicted octanol–water partition coefficient (Wildman–Crippen LogP) is 4.49. The highest BCUT2D eigenvalue weighted by Crippen LogP contribution is 2.27. The molecule has 1 fully saturated rings. The largest absolute Gasteiger partial charge is 0.384 e. The van der Waals surface area contributed by atoms with Crippen molar-refractivity contribution in [3.8, 4) is 11.3 Å². The van der Waals surface area contributed by atoms with Crippen molar-refractivity contribution < 1.29 is 9.53 Å². The molecule has 0 radical (unpaired) electrons. The van der Waals surface area contributed by atoms with Crippen LogP contribution in [-0.4, -0.2) is 36.0 Å². The molecule has 0 spiro atoms. The van der Waals surface area contributed by atoms with Crippen molar-refractivity contribution >= 4 is 40.0 Å². The van der Waals surface area contributed by atoms with Gasteiger partial charge in [0.1, 0.15) is 5.84 Å². The molecule has 2 heterocycles. The minimum absolute atomic E-state index is 0.161. The highest BCUT2D eigenvalue weighted by atomic mass is 127. The van der Waals surface area contributed by atoms with Crippen LogP contribution < -0.4 is 11.1 Å². The number of amides is 1. The molecule has 3 aromatic rings. The Morgan fingerprint density at radius 1 is 1.16 bits per heavy atom. The molecule has 0 saturated carbocycles. The van der Waals surface area contributed by atoms with Gasteiger partial charge in [-0.15, -0.1) is 0 Å². The fraction of sp³-hybridized carbons (Fsp3) is 0.208. The van der Waals surface area contributed by atoms with Gasteiger partial charge in [0.15, 0.2) is 0 Å². The average Bonchev–Trinajstić information content (AvgIpc) is 3.33. The minimum Gasteiger partial charge on any atom is -0.384 e. The number of hydrogen-bond donors (Lipinski definition) is 2. The summed E-state index contributed by atoms with van der Waals surface area (Å²) in [4.78, 5) is 21.6. The molecule has 1 amide bonds. The van der Waals surface area contributed by atoms with Crippen LogP contribution in [0.25, 0.3) is 11.3 Å². The number of rotatable bonds is 6. The lowest BCUT2D eigenvalue weighted by atomic mass is 10.1. The molecule has 158 valence electrons. The summed E-state index contributed by atoms with van der Waals surface area (Å²) in [5.41, 5.74) is 10.00. The van der Waals surface area contributed by atoms with E-state index >= 15 is 0 Å². The maximum atomic E-state index is 12.7. The SMILES string of the molecule is NC(=NCC1CCCO1)c1ccc(C(=O)Nc2ccc(I)c(-c3ccccn3)c2)cc1. The normalized spacial score (nSPS) is 16.3. The van der Waals surface area contributed by atoms with E-state index in [0.717, 1.165) is 39.8 Å². The van der Waals surface area contributed by atoms with E-state index in [1.807, 2.05) is 48.5 Å². The Kier molecular flexibility index (Phi) is 6.93. The molecular weight excluding hydrogens is 503 g/mol. The number of hydrogen-bond acceptors (Lipinski definition) is 4. The minimum atomic E-state index is -0.186. The number of nitrogens with two attached hydrogens (primary N) is 1. The number of benzene rings is 2. The van der Waals surface area contributed by atoms with E-state index in [2.05, 4.69) is 37.9 Å². The zero-order chi connectivity index (χ0) is 21.6. The van der Waals surface area contributed by atoms with Crippen LogP contribution in [0.2, 0.25) is 0 Å². The van der Waals surface area contributed by atoms with Crippen molar-refractivity contribution in [3.63, 3.8) is 0 Å². The molecule has 31 heavy (non-hydrogen) atoms. The molecule has 2 aromatic carbocycles. The molecule has 0 bridgehead atoms. The summed E-state index contributed by atoms with van der Waals surface area (Å²) in [7, 11) is 0. The first kappa shape index (κ1) is 21.5. The van der Waals surface area contributed by atoms with E-state index in [-0.39, 0.29) is 12.0 Å². The highest BCUT2D eigenvalue weighted by Gasteiger charge is 2.15. The molecule has 6 nitrogen and oxygen atoms in total. The van der Waals surface area contributed by atoms with Gasteiger partial charge in [-0.1, -0.05) is 18.2 Å². The maximum absolute atomic E-state index is 12.7. The predicted molar refractivity (Wildman–Crippen MR) is 131 cm³/mol. The first-order chi connectivity index (χ1) is 15.1. The third-order valence-electron chi connectivity index (χ3n) is 5.10. The Morgan fingerprint density at radius 3 is 2.68 bits per heavy atom. The van der Waals surface area contributed by atoms with Gasteiger partial charge in [-0.2, -0.15) is 0 Å². The topological polar surface area (TPSA) is 89.6 Å². The van der Waals surface area contributed by atoms with Crippen molar-refractivity contribution in [2.75, 3.05) is 18.5 Å².